The Bertz CT molecular complexity index is 117. The summed E-state index contributed by atoms with van der Waals surface area (Å²) >= 11 is 0. The number of ether oxygens (including phenoxy) is 1. The predicted octanol–water partition coefficient (Wildman–Crippen LogP) is 2.60. The van der Waals surface area contributed by atoms with Gasteiger partial charge in [0.25, 0.3) is 0 Å². The van der Waals surface area contributed by atoms with Crippen molar-refractivity contribution in [2.75, 3.05) is 0 Å². The van der Waals surface area contributed by atoms with Crippen LogP contribution >= 0.6 is 0 Å². The van der Waals surface area contributed by atoms with Gasteiger partial charge in [-0.1, -0.05) is 20.8 Å². The highest BCUT2D eigenvalue weighted by molar-refractivity contribution is 4.68. The third-order valence-corrected chi connectivity index (χ3v) is 1.17. The predicted molar refractivity (Wildman–Crippen MR) is 44.8 cm³/mol. The fourth-order valence-corrected chi connectivity index (χ4v) is 0.498. The van der Waals surface area contributed by atoms with Gasteiger partial charge in [-0.25, -0.2) is 5.11 Å². The maximum Gasteiger partial charge on any atom is 0.196 e. The van der Waals surface area contributed by atoms with E-state index in [0.29, 0.717) is 0 Å². The SMILES string of the molecule is CC(C)(C)OC([O])C(C)(C)C. The molecule has 0 bridgehead atoms. The first-order chi connectivity index (χ1) is 4.63. The molecule has 0 fully saturated rings. The molecule has 0 aromatic rings. The largest absolute Gasteiger partial charge is 0.343 e. The van der Waals surface area contributed by atoms with Gasteiger partial charge < -0.3 is 4.74 Å². The molecule has 1 radical (unpaired) electrons. The van der Waals surface area contributed by atoms with Crippen LogP contribution in [0.15, 0.2) is 0 Å². The van der Waals surface area contributed by atoms with Crippen LogP contribution in [0, 0.1) is 5.41 Å². The average Bonchev–Trinajstić information content (AvgIpc) is 1.56. The topological polar surface area (TPSA) is 29.1 Å². The lowest BCUT2D eigenvalue weighted by Crippen LogP contribution is -2.35. The molecule has 2 nitrogen and oxygen atoms in total. The first-order valence-corrected chi connectivity index (χ1v) is 3.96. The zero-order chi connectivity index (χ0) is 9.28. The van der Waals surface area contributed by atoms with Gasteiger partial charge in [0.05, 0.1) is 5.60 Å². The van der Waals surface area contributed by atoms with Crippen molar-refractivity contribution in [2.45, 2.75) is 53.4 Å². The van der Waals surface area contributed by atoms with Crippen LogP contribution in [0.2, 0.25) is 0 Å². The van der Waals surface area contributed by atoms with Crippen molar-refractivity contribution in [1.29, 1.82) is 0 Å². The zero-order valence-corrected chi connectivity index (χ0v) is 8.39. The minimum atomic E-state index is -0.942. The zero-order valence-electron chi connectivity index (χ0n) is 8.39. The van der Waals surface area contributed by atoms with Crippen LogP contribution in [-0.2, 0) is 9.84 Å². The average molecular weight is 159 g/mol. The number of hydrogen-bond acceptors (Lipinski definition) is 1. The summed E-state index contributed by atoms with van der Waals surface area (Å²) in [7, 11) is 0. The quantitative estimate of drug-likeness (QED) is 0.541. The lowest BCUT2D eigenvalue weighted by atomic mass is 9.95. The van der Waals surface area contributed by atoms with Crippen molar-refractivity contribution in [1.82, 2.24) is 0 Å². The van der Waals surface area contributed by atoms with E-state index in [1.54, 1.807) is 0 Å². The fourth-order valence-electron chi connectivity index (χ4n) is 0.498. The van der Waals surface area contributed by atoms with E-state index in [1.165, 1.54) is 0 Å². The molecule has 0 aromatic heterocycles. The van der Waals surface area contributed by atoms with Gasteiger partial charge in [0, 0.05) is 5.41 Å². The molecule has 0 rings (SSSR count). The van der Waals surface area contributed by atoms with Gasteiger partial charge in [0.2, 0.25) is 0 Å². The summed E-state index contributed by atoms with van der Waals surface area (Å²) in [6.45, 7) is 11.3. The molecular weight excluding hydrogens is 140 g/mol. The van der Waals surface area contributed by atoms with Gasteiger partial charge in [-0.2, -0.15) is 0 Å². The Balaban J connectivity index is 3.99. The molecule has 0 aliphatic heterocycles. The van der Waals surface area contributed by atoms with Crippen LogP contribution in [0.4, 0.5) is 0 Å². The van der Waals surface area contributed by atoms with E-state index in [-0.39, 0.29) is 11.0 Å². The molecule has 1 atom stereocenters. The fraction of sp³-hybridized carbons (Fsp3) is 1.00. The van der Waals surface area contributed by atoms with E-state index in [1.807, 2.05) is 41.5 Å². The second-order valence-electron chi connectivity index (χ2n) is 4.93. The molecule has 2 heteroatoms. The molecule has 0 saturated carbocycles. The highest BCUT2D eigenvalue weighted by Crippen LogP contribution is 2.24. The summed E-state index contributed by atoms with van der Waals surface area (Å²) in [5.74, 6) is 0. The summed E-state index contributed by atoms with van der Waals surface area (Å²) in [6, 6.07) is 0. The number of hydrogen-bond donors (Lipinski definition) is 0. The van der Waals surface area contributed by atoms with Gasteiger partial charge in [0.1, 0.15) is 0 Å². The molecule has 1 unspecified atom stereocenters. The van der Waals surface area contributed by atoms with Crippen molar-refractivity contribution in [2.24, 2.45) is 5.41 Å². The first-order valence-electron chi connectivity index (χ1n) is 3.96. The molecule has 0 heterocycles. The molecule has 0 N–H and O–H groups in total. The Morgan fingerprint density at radius 1 is 1.00 bits per heavy atom. The maximum atomic E-state index is 11.3. The van der Waals surface area contributed by atoms with Crippen molar-refractivity contribution >= 4 is 0 Å². The summed E-state index contributed by atoms with van der Waals surface area (Å²) in [6.07, 6.45) is -0.942. The maximum absolute atomic E-state index is 11.3. The molecule has 67 valence electrons. The van der Waals surface area contributed by atoms with Crippen molar-refractivity contribution < 1.29 is 9.84 Å². The molecule has 0 aliphatic carbocycles. The second-order valence-corrected chi connectivity index (χ2v) is 4.93. The van der Waals surface area contributed by atoms with E-state index in [2.05, 4.69) is 0 Å². The first kappa shape index (κ1) is 10.9. The van der Waals surface area contributed by atoms with E-state index in [9.17, 15) is 5.11 Å². The third-order valence-electron chi connectivity index (χ3n) is 1.17. The van der Waals surface area contributed by atoms with Crippen molar-refractivity contribution in [3.63, 3.8) is 0 Å². The van der Waals surface area contributed by atoms with Crippen molar-refractivity contribution in [3.8, 4) is 0 Å². The van der Waals surface area contributed by atoms with Crippen LogP contribution < -0.4 is 0 Å². The Morgan fingerprint density at radius 2 is 1.36 bits per heavy atom. The molecule has 0 spiro atoms. The standard InChI is InChI=1S/C9H19O2/c1-8(2,3)7(10)11-9(4,5)6/h7H,1-6H3. The highest BCUT2D eigenvalue weighted by atomic mass is 16.6. The highest BCUT2D eigenvalue weighted by Gasteiger charge is 2.28. The van der Waals surface area contributed by atoms with Crippen LogP contribution in [0.3, 0.4) is 0 Å². The number of rotatable bonds is 1. The minimum Gasteiger partial charge on any atom is -0.343 e. The summed E-state index contributed by atoms with van der Waals surface area (Å²) in [4.78, 5) is 0. The Kier molecular flexibility index (Phi) is 3.09. The van der Waals surface area contributed by atoms with Gasteiger partial charge in [-0.05, 0) is 20.8 Å². The minimum absolute atomic E-state index is 0.312. The van der Waals surface area contributed by atoms with Gasteiger partial charge in [-0.15, -0.1) is 0 Å². The van der Waals surface area contributed by atoms with Gasteiger partial charge in [0.15, 0.2) is 6.29 Å². The van der Waals surface area contributed by atoms with Crippen LogP contribution in [0.5, 0.6) is 0 Å². The van der Waals surface area contributed by atoms with Crippen molar-refractivity contribution in [3.05, 3.63) is 0 Å². The molecule has 0 aliphatic rings. The van der Waals surface area contributed by atoms with Crippen LogP contribution in [0.25, 0.3) is 0 Å². The summed E-state index contributed by atoms with van der Waals surface area (Å²) in [5, 5.41) is 11.3. The van der Waals surface area contributed by atoms with Gasteiger partial charge in [-0.3, -0.25) is 0 Å². The van der Waals surface area contributed by atoms with Gasteiger partial charge >= 0.3 is 0 Å². The molecule has 11 heavy (non-hydrogen) atoms. The third kappa shape index (κ3) is 5.22. The Labute approximate surface area is 69.6 Å². The molecular formula is C9H19O2. The lowest BCUT2D eigenvalue weighted by molar-refractivity contribution is -0.239. The normalized spacial score (nSPS) is 16.6. The summed E-state index contributed by atoms with van der Waals surface area (Å²) in [5.41, 5.74) is -0.646. The lowest BCUT2D eigenvalue weighted by Gasteiger charge is -2.30. The molecule has 0 amide bonds. The van der Waals surface area contributed by atoms with E-state index in [4.69, 9.17) is 4.74 Å². The van der Waals surface area contributed by atoms with E-state index >= 15 is 0 Å². The molecule has 0 saturated heterocycles. The summed E-state index contributed by atoms with van der Waals surface area (Å²) < 4.78 is 5.25. The second kappa shape index (κ2) is 3.11. The Morgan fingerprint density at radius 3 is 1.45 bits per heavy atom. The molecule has 0 aromatic carbocycles. The smallest absolute Gasteiger partial charge is 0.196 e. The van der Waals surface area contributed by atoms with E-state index in [0.717, 1.165) is 0 Å². The monoisotopic (exact) mass is 159 g/mol. The van der Waals surface area contributed by atoms with Crippen LogP contribution in [0.1, 0.15) is 41.5 Å². The van der Waals surface area contributed by atoms with E-state index < -0.39 is 6.29 Å². The Hall–Kier alpha value is -0.0800. The van der Waals surface area contributed by atoms with Crippen LogP contribution in [-0.4, -0.2) is 11.9 Å².